The van der Waals surface area contributed by atoms with Crippen LogP contribution >= 0.6 is 0 Å². The Bertz CT molecular complexity index is 181. The van der Waals surface area contributed by atoms with Crippen molar-refractivity contribution in [3.8, 4) is 0 Å². The van der Waals surface area contributed by atoms with Crippen molar-refractivity contribution in [3.63, 3.8) is 0 Å². The van der Waals surface area contributed by atoms with Gasteiger partial charge in [0.25, 0.3) is 5.91 Å². The number of hydrogen-bond acceptors (Lipinski definition) is 2. The first-order chi connectivity index (χ1) is 3.70. The second kappa shape index (κ2) is 1.43. The number of amides is 1. The van der Waals surface area contributed by atoms with E-state index in [0.717, 1.165) is 0 Å². The molecule has 3 heteroatoms. The Morgan fingerprint density at radius 1 is 1.75 bits per heavy atom. The molecule has 0 saturated heterocycles. The number of carbonyl (C=O) groups excluding carboxylic acids is 1. The van der Waals surface area contributed by atoms with Gasteiger partial charge >= 0.3 is 0 Å². The molecule has 0 aliphatic carbocycles. The van der Waals surface area contributed by atoms with E-state index in [9.17, 15) is 4.79 Å². The zero-order valence-electron chi connectivity index (χ0n) is 4.35. The van der Waals surface area contributed by atoms with Gasteiger partial charge in [-0.25, -0.2) is 0 Å². The lowest BCUT2D eigenvalue weighted by atomic mass is 10.2. The van der Waals surface area contributed by atoms with Crippen LogP contribution in [0, 0.1) is 0 Å². The number of carbonyl (C=O) groups is 1. The average Bonchev–Trinajstić information content (AvgIpc) is 1.85. The third kappa shape index (κ3) is 0.621. The van der Waals surface area contributed by atoms with Gasteiger partial charge in [-0.3, -0.25) is 4.79 Å². The van der Waals surface area contributed by atoms with Crippen molar-refractivity contribution in [2.45, 2.75) is 6.42 Å². The highest BCUT2D eigenvalue weighted by Crippen LogP contribution is 2.07. The molecular weight excluding hydrogens is 104 g/mol. The maximum atomic E-state index is 10.3. The zero-order chi connectivity index (χ0) is 6.15. The van der Waals surface area contributed by atoms with E-state index >= 15 is 0 Å². The Hall–Kier alpha value is -1.12. The molecule has 0 spiro atoms. The van der Waals surface area contributed by atoms with E-state index < -0.39 is 0 Å². The van der Waals surface area contributed by atoms with E-state index in [1.54, 1.807) is 0 Å². The molecule has 0 aromatic heterocycles. The molecule has 1 aliphatic heterocycles. The van der Waals surface area contributed by atoms with E-state index in [1.807, 2.05) is 0 Å². The van der Waals surface area contributed by atoms with E-state index in [-0.39, 0.29) is 11.7 Å². The molecule has 0 saturated carbocycles. The predicted octanol–water partition coefficient (Wildman–Crippen LogP) is -0.170. The van der Waals surface area contributed by atoms with Crippen molar-refractivity contribution in [2.24, 2.45) is 10.7 Å². The van der Waals surface area contributed by atoms with Gasteiger partial charge < -0.3 is 5.73 Å². The molecule has 0 unspecified atom stereocenters. The molecular formula is C5H6N2O. The van der Waals surface area contributed by atoms with Gasteiger partial charge in [0.05, 0.1) is 6.42 Å². The standard InChI is InChI=1S/C5H6N2O/c1-3-2-4(8)7-5(3)6/h1-2H2,(H2,6,7,8). The molecule has 0 atom stereocenters. The van der Waals surface area contributed by atoms with Crippen LogP contribution in [0.25, 0.3) is 0 Å². The monoisotopic (exact) mass is 110 g/mol. The number of aliphatic imine (C=N–C) groups is 1. The molecule has 0 bridgehead atoms. The highest BCUT2D eigenvalue weighted by atomic mass is 16.1. The summed E-state index contributed by atoms with van der Waals surface area (Å²) in [7, 11) is 0. The van der Waals surface area contributed by atoms with Crippen molar-refractivity contribution in [1.82, 2.24) is 0 Å². The van der Waals surface area contributed by atoms with Crippen molar-refractivity contribution in [3.05, 3.63) is 12.2 Å². The molecule has 0 radical (unpaired) electrons. The Balaban J connectivity index is 2.88. The van der Waals surface area contributed by atoms with Gasteiger partial charge in [0.1, 0.15) is 5.84 Å². The minimum atomic E-state index is -0.187. The van der Waals surface area contributed by atoms with Gasteiger partial charge in [-0.05, 0) is 5.57 Å². The van der Waals surface area contributed by atoms with E-state index in [0.29, 0.717) is 12.0 Å². The predicted molar refractivity (Wildman–Crippen MR) is 30.4 cm³/mol. The van der Waals surface area contributed by atoms with Crippen molar-refractivity contribution in [1.29, 1.82) is 0 Å². The third-order valence-electron chi connectivity index (χ3n) is 0.972. The van der Waals surface area contributed by atoms with Crippen LogP contribution in [-0.2, 0) is 4.79 Å². The van der Waals surface area contributed by atoms with Crippen molar-refractivity contribution in [2.75, 3.05) is 0 Å². The zero-order valence-corrected chi connectivity index (χ0v) is 4.35. The molecule has 1 heterocycles. The molecule has 0 aromatic carbocycles. The van der Waals surface area contributed by atoms with Gasteiger partial charge in [-0.2, -0.15) is 4.99 Å². The number of nitrogens with zero attached hydrogens (tertiary/aromatic N) is 1. The number of nitrogens with two attached hydrogens (primary N) is 1. The fourth-order valence-electron chi connectivity index (χ4n) is 0.526. The summed E-state index contributed by atoms with van der Waals surface area (Å²) < 4.78 is 0. The fraction of sp³-hybridized carbons (Fsp3) is 0.200. The Morgan fingerprint density at radius 2 is 2.38 bits per heavy atom. The maximum Gasteiger partial charge on any atom is 0.252 e. The van der Waals surface area contributed by atoms with E-state index in [2.05, 4.69) is 11.6 Å². The van der Waals surface area contributed by atoms with Crippen molar-refractivity contribution < 1.29 is 4.79 Å². The van der Waals surface area contributed by atoms with Gasteiger partial charge in [-0.15, -0.1) is 0 Å². The summed E-state index contributed by atoms with van der Waals surface area (Å²) in [5.74, 6) is 0.0995. The number of amidine groups is 1. The Labute approximate surface area is 46.9 Å². The minimum absolute atomic E-state index is 0.187. The molecule has 2 N–H and O–H groups in total. The molecule has 42 valence electrons. The Morgan fingerprint density at radius 3 is 2.50 bits per heavy atom. The number of hydrogen-bond donors (Lipinski definition) is 1. The molecule has 8 heavy (non-hydrogen) atoms. The fourth-order valence-corrected chi connectivity index (χ4v) is 0.526. The summed E-state index contributed by atoms with van der Waals surface area (Å²) in [4.78, 5) is 13.8. The highest BCUT2D eigenvalue weighted by Gasteiger charge is 2.14. The van der Waals surface area contributed by atoms with E-state index in [1.165, 1.54) is 0 Å². The summed E-state index contributed by atoms with van der Waals surface area (Å²) in [6.07, 6.45) is 0.297. The average molecular weight is 110 g/mol. The molecule has 3 nitrogen and oxygen atoms in total. The van der Waals surface area contributed by atoms with Crippen LogP contribution in [0.2, 0.25) is 0 Å². The lowest BCUT2D eigenvalue weighted by Crippen LogP contribution is -2.08. The topological polar surface area (TPSA) is 55.5 Å². The largest absolute Gasteiger partial charge is 0.383 e. The summed E-state index contributed by atoms with van der Waals surface area (Å²) >= 11 is 0. The summed E-state index contributed by atoms with van der Waals surface area (Å²) in [5.41, 5.74) is 5.83. The molecule has 1 amide bonds. The minimum Gasteiger partial charge on any atom is -0.383 e. The first-order valence-electron chi connectivity index (χ1n) is 2.25. The SMILES string of the molecule is C=C1CC(=O)N=C1N. The van der Waals surface area contributed by atoms with Crippen LogP contribution < -0.4 is 5.73 Å². The van der Waals surface area contributed by atoms with Crippen LogP contribution in [0.4, 0.5) is 0 Å². The quantitative estimate of drug-likeness (QED) is 0.470. The maximum absolute atomic E-state index is 10.3. The summed E-state index contributed by atoms with van der Waals surface area (Å²) in [6, 6.07) is 0. The van der Waals surface area contributed by atoms with Crippen LogP contribution in [0.1, 0.15) is 6.42 Å². The molecule has 0 aromatic rings. The smallest absolute Gasteiger partial charge is 0.252 e. The number of rotatable bonds is 0. The highest BCUT2D eigenvalue weighted by molar-refractivity contribution is 6.11. The Kier molecular flexibility index (Phi) is 0.901. The third-order valence-corrected chi connectivity index (χ3v) is 0.972. The van der Waals surface area contributed by atoms with E-state index in [4.69, 9.17) is 5.73 Å². The first kappa shape index (κ1) is 5.03. The summed E-state index contributed by atoms with van der Waals surface area (Å²) in [5, 5.41) is 0. The van der Waals surface area contributed by atoms with Crippen molar-refractivity contribution >= 4 is 11.7 Å². The molecule has 0 fully saturated rings. The summed E-state index contributed by atoms with van der Waals surface area (Å²) in [6.45, 7) is 3.51. The van der Waals surface area contributed by atoms with Gasteiger partial charge in [0.2, 0.25) is 0 Å². The van der Waals surface area contributed by atoms with Crippen LogP contribution in [0.15, 0.2) is 17.1 Å². The van der Waals surface area contributed by atoms with Crippen LogP contribution in [-0.4, -0.2) is 11.7 Å². The van der Waals surface area contributed by atoms with Crippen LogP contribution in [0.3, 0.4) is 0 Å². The van der Waals surface area contributed by atoms with Gasteiger partial charge in [0, 0.05) is 0 Å². The molecule has 1 aliphatic rings. The second-order valence-corrected chi connectivity index (χ2v) is 1.67. The lowest BCUT2D eigenvalue weighted by Gasteiger charge is -1.84. The second-order valence-electron chi connectivity index (χ2n) is 1.67. The first-order valence-corrected chi connectivity index (χ1v) is 2.25. The normalized spacial score (nSPS) is 19.2. The lowest BCUT2D eigenvalue weighted by molar-refractivity contribution is -0.116. The van der Waals surface area contributed by atoms with Gasteiger partial charge in [0.15, 0.2) is 0 Å². The van der Waals surface area contributed by atoms with Crippen LogP contribution in [0.5, 0.6) is 0 Å². The molecule has 1 rings (SSSR count). The van der Waals surface area contributed by atoms with Gasteiger partial charge in [-0.1, -0.05) is 6.58 Å².